The number of nitrogens with zero attached hydrogens (tertiary/aromatic N) is 1. The molecule has 1 N–H and O–H groups in total. The first-order chi connectivity index (χ1) is 10.7. The number of hydrazone groups is 1. The van der Waals surface area contributed by atoms with E-state index in [-0.39, 0.29) is 0 Å². The number of benzene rings is 2. The van der Waals surface area contributed by atoms with Gasteiger partial charge in [-0.25, -0.2) is 0 Å². The van der Waals surface area contributed by atoms with Gasteiger partial charge in [-0.2, -0.15) is 5.10 Å². The number of halogens is 1. The van der Waals surface area contributed by atoms with Gasteiger partial charge in [-0.3, -0.25) is 5.43 Å². The van der Waals surface area contributed by atoms with Crippen LogP contribution in [0.25, 0.3) is 0 Å². The lowest BCUT2D eigenvalue weighted by atomic mass is 10.2. The second kappa shape index (κ2) is 7.56. The van der Waals surface area contributed by atoms with E-state index in [1.165, 1.54) is 0 Å². The standard InChI is InChI=1S/C16H17ClN2O3/c1-20-14-9-4-11(15(21-2)16(14)22-3)10-18-19-13-7-5-12(17)6-8-13/h4-10,19H,1-3H3/b18-10+. The summed E-state index contributed by atoms with van der Waals surface area (Å²) in [4.78, 5) is 0. The van der Waals surface area contributed by atoms with Crippen molar-refractivity contribution in [2.24, 2.45) is 5.10 Å². The van der Waals surface area contributed by atoms with Gasteiger partial charge in [0.05, 0.1) is 33.2 Å². The molecule has 0 bridgehead atoms. The van der Waals surface area contributed by atoms with Crippen molar-refractivity contribution in [2.75, 3.05) is 26.8 Å². The lowest BCUT2D eigenvalue weighted by Crippen LogP contribution is -1.99. The fourth-order valence-electron chi connectivity index (χ4n) is 1.93. The Morgan fingerprint density at radius 3 is 2.18 bits per heavy atom. The monoisotopic (exact) mass is 320 g/mol. The number of nitrogens with one attached hydrogen (secondary N) is 1. The van der Waals surface area contributed by atoms with Crippen LogP contribution in [0.5, 0.6) is 17.2 Å². The predicted molar refractivity (Wildman–Crippen MR) is 88.8 cm³/mol. The summed E-state index contributed by atoms with van der Waals surface area (Å²) >= 11 is 5.83. The van der Waals surface area contributed by atoms with E-state index in [1.807, 2.05) is 18.2 Å². The maximum Gasteiger partial charge on any atom is 0.203 e. The van der Waals surface area contributed by atoms with Crippen LogP contribution in [0.3, 0.4) is 0 Å². The molecule has 2 aromatic carbocycles. The Morgan fingerprint density at radius 2 is 1.59 bits per heavy atom. The number of ether oxygens (including phenoxy) is 3. The molecule has 0 spiro atoms. The molecule has 0 fully saturated rings. The highest BCUT2D eigenvalue weighted by Crippen LogP contribution is 2.38. The van der Waals surface area contributed by atoms with Gasteiger partial charge in [0.25, 0.3) is 0 Å². The molecule has 0 atom stereocenters. The predicted octanol–water partition coefficient (Wildman–Crippen LogP) is 3.81. The Bertz CT molecular complexity index is 657. The summed E-state index contributed by atoms with van der Waals surface area (Å²) < 4.78 is 16.0. The molecular weight excluding hydrogens is 304 g/mol. The number of rotatable bonds is 6. The highest BCUT2D eigenvalue weighted by molar-refractivity contribution is 6.30. The van der Waals surface area contributed by atoms with Crippen molar-refractivity contribution in [1.29, 1.82) is 0 Å². The number of methoxy groups -OCH3 is 3. The highest BCUT2D eigenvalue weighted by atomic mass is 35.5. The van der Waals surface area contributed by atoms with Gasteiger partial charge < -0.3 is 14.2 Å². The summed E-state index contributed by atoms with van der Waals surface area (Å²) in [5.41, 5.74) is 4.52. The smallest absolute Gasteiger partial charge is 0.203 e. The Labute approximate surface area is 134 Å². The van der Waals surface area contributed by atoms with Gasteiger partial charge in [-0.15, -0.1) is 0 Å². The van der Waals surface area contributed by atoms with Gasteiger partial charge in [0.1, 0.15) is 0 Å². The quantitative estimate of drug-likeness (QED) is 0.649. The Hall–Kier alpha value is -2.40. The van der Waals surface area contributed by atoms with Crippen molar-refractivity contribution >= 4 is 23.5 Å². The van der Waals surface area contributed by atoms with E-state index in [9.17, 15) is 0 Å². The lowest BCUT2D eigenvalue weighted by molar-refractivity contribution is 0.324. The molecule has 0 saturated heterocycles. The Balaban J connectivity index is 2.21. The fourth-order valence-corrected chi connectivity index (χ4v) is 2.05. The molecule has 22 heavy (non-hydrogen) atoms. The molecule has 2 rings (SSSR count). The first-order valence-electron chi connectivity index (χ1n) is 6.53. The fraction of sp³-hybridized carbons (Fsp3) is 0.188. The summed E-state index contributed by atoms with van der Waals surface area (Å²) in [5.74, 6) is 1.69. The Kier molecular flexibility index (Phi) is 5.49. The van der Waals surface area contributed by atoms with Crippen LogP contribution in [-0.4, -0.2) is 27.5 Å². The molecule has 0 saturated carbocycles. The van der Waals surface area contributed by atoms with E-state index < -0.39 is 0 Å². The minimum absolute atomic E-state index is 0.528. The molecule has 5 nitrogen and oxygen atoms in total. The van der Waals surface area contributed by atoms with Crippen LogP contribution in [0.4, 0.5) is 5.69 Å². The largest absolute Gasteiger partial charge is 0.493 e. The minimum atomic E-state index is 0.528. The molecule has 0 amide bonds. The molecule has 0 aliphatic rings. The molecule has 0 heterocycles. The van der Waals surface area contributed by atoms with Gasteiger partial charge in [-0.05, 0) is 36.4 Å². The van der Waals surface area contributed by atoms with E-state index in [0.717, 1.165) is 11.3 Å². The van der Waals surface area contributed by atoms with Crippen LogP contribution in [0.15, 0.2) is 41.5 Å². The second-order valence-corrected chi connectivity index (χ2v) is 4.74. The molecular formula is C16H17ClN2O3. The van der Waals surface area contributed by atoms with Gasteiger partial charge in [0.2, 0.25) is 5.75 Å². The van der Waals surface area contributed by atoms with E-state index in [2.05, 4.69) is 10.5 Å². The zero-order valence-corrected chi connectivity index (χ0v) is 13.3. The van der Waals surface area contributed by atoms with Crippen molar-refractivity contribution in [3.05, 3.63) is 47.0 Å². The molecule has 2 aromatic rings. The molecule has 6 heteroatoms. The summed E-state index contributed by atoms with van der Waals surface area (Å²) in [5, 5.41) is 4.86. The van der Waals surface area contributed by atoms with Crippen LogP contribution in [-0.2, 0) is 0 Å². The van der Waals surface area contributed by atoms with E-state index in [4.69, 9.17) is 25.8 Å². The Morgan fingerprint density at radius 1 is 0.909 bits per heavy atom. The lowest BCUT2D eigenvalue weighted by Gasteiger charge is -2.13. The van der Waals surface area contributed by atoms with Crippen LogP contribution < -0.4 is 19.6 Å². The van der Waals surface area contributed by atoms with Gasteiger partial charge in [0.15, 0.2) is 11.5 Å². The van der Waals surface area contributed by atoms with E-state index >= 15 is 0 Å². The van der Waals surface area contributed by atoms with Gasteiger partial charge >= 0.3 is 0 Å². The third-order valence-corrected chi connectivity index (χ3v) is 3.23. The average Bonchev–Trinajstić information content (AvgIpc) is 2.55. The third kappa shape index (κ3) is 3.62. The first-order valence-corrected chi connectivity index (χ1v) is 6.91. The van der Waals surface area contributed by atoms with Crippen molar-refractivity contribution in [3.63, 3.8) is 0 Å². The van der Waals surface area contributed by atoms with Crippen molar-refractivity contribution in [2.45, 2.75) is 0 Å². The van der Waals surface area contributed by atoms with Gasteiger partial charge in [0, 0.05) is 10.6 Å². The number of hydrogen-bond acceptors (Lipinski definition) is 5. The minimum Gasteiger partial charge on any atom is -0.493 e. The third-order valence-electron chi connectivity index (χ3n) is 2.98. The van der Waals surface area contributed by atoms with Crippen molar-refractivity contribution in [3.8, 4) is 17.2 Å². The summed E-state index contributed by atoms with van der Waals surface area (Å²) in [6.07, 6.45) is 1.65. The van der Waals surface area contributed by atoms with Crippen LogP contribution in [0, 0.1) is 0 Å². The molecule has 116 valence electrons. The summed E-state index contributed by atoms with van der Waals surface area (Å²) in [6.45, 7) is 0. The first kappa shape index (κ1) is 16.0. The van der Waals surface area contributed by atoms with E-state index in [1.54, 1.807) is 45.7 Å². The summed E-state index contributed by atoms with van der Waals surface area (Å²) in [6, 6.07) is 10.9. The highest BCUT2D eigenvalue weighted by Gasteiger charge is 2.14. The van der Waals surface area contributed by atoms with Crippen LogP contribution in [0.2, 0.25) is 5.02 Å². The summed E-state index contributed by atoms with van der Waals surface area (Å²) in [7, 11) is 4.71. The maximum atomic E-state index is 5.83. The zero-order valence-electron chi connectivity index (χ0n) is 12.6. The van der Waals surface area contributed by atoms with Crippen LogP contribution >= 0.6 is 11.6 Å². The van der Waals surface area contributed by atoms with Crippen molar-refractivity contribution in [1.82, 2.24) is 0 Å². The molecule has 0 aliphatic carbocycles. The van der Waals surface area contributed by atoms with Crippen LogP contribution in [0.1, 0.15) is 5.56 Å². The normalized spacial score (nSPS) is 10.5. The molecule has 0 unspecified atom stereocenters. The second-order valence-electron chi connectivity index (χ2n) is 4.30. The number of anilines is 1. The zero-order chi connectivity index (χ0) is 15.9. The SMILES string of the molecule is COc1ccc(/C=N/Nc2ccc(Cl)cc2)c(OC)c1OC. The number of hydrogen-bond donors (Lipinski definition) is 1. The molecule has 0 aromatic heterocycles. The molecule has 0 radical (unpaired) electrons. The van der Waals surface area contributed by atoms with E-state index in [0.29, 0.717) is 22.3 Å². The van der Waals surface area contributed by atoms with Gasteiger partial charge in [-0.1, -0.05) is 11.6 Å². The van der Waals surface area contributed by atoms with Crippen molar-refractivity contribution < 1.29 is 14.2 Å². The average molecular weight is 321 g/mol. The molecule has 0 aliphatic heterocycles. The maximum absolute atomic E-state index is 5.83. The topological polar surface area (TPSA) is 52.1 Å².